The molecule has 0 radical (unpaired) electrons. The predicted molar refractivity (Wildman–Crippen MR) is 59.0 cm³/mol. The van der Waals surface area contributed by atoms with Crippen LogP contribution in [0.2, 0.25) is 0 Å². The second-order valence-corrected chi connectivity index (χ2v) is 4.81. The lowest BCUT2D eigenvalue weighted by atomic mass is 9.89. The average Bonchev–Trinajstić information content (AvgIpc) is 2.38. The van der Waals surface area contributed by atoms with Crippen molar-refractivity contribution < 1.29 is 19.2 Å². The van der Waals surface area contributed by atoms with Gasteiger partial charge >= 0.3 is 5.97 Å². The normalized spacial score (nSPS) is 24.2. The van der Waals surface area contributed by atoms with E-state index >= 15 is 0 Å². The Labute approximate surface area is 96.9 Å². The molecule has 1 saturated carbocycles. The van der Waals surface area contributed by atoms with Crippen LogP contribution in [0.3, 0.4) is 0 Å². The molecule has 16 heavy (non-hydrogen) atoms. The van der Waals surface area contributed by atoms with Crippen molar-refractivity contribution in [2.24, 2.45) is 5.92 Å². The van der Waals surface area contributed by atoms with E-state index in [4.69, 9.17) is 9.47 Å². The summed E-state index contributed by atoms with van der Waals surface area (Å²) in [6.45, 7) is 4.02. The Morgan fingerprint density at radius 3 is 2.56 bits per heavy atom. The summed E-state index contributed by atoms with van der Waals surface area (Å²) in [5, 5.41) is 0. The molecule has 0 aromatic carbocycles. The Bertz CT molecular complexity index is 220. The second kappa shape index (κ2) is 6.21. The standard InChI is InChI=1S/C12H21NO3/c14-12(11-4-2-1-3-5-11)16-10-13-6-8-15-9-7-13/h11H,1-10H2/p+1. The number of morpholine rings is 1. The molecule has 4 nitrogen and oxygen atoms in total. The molecule has 0 unspecified atom stereocenters. The molecule has 0 aromatic heterocycles. The van der Waals surface area contributed by atoms with Gasteiger partial charge in [-0.05, 0) is 12.8 Å². The van der Waals surface area contributed by atoms with E-state index in [1.807, 2.05) is 0 Å². The monoisotopic (exact) mass is 228 g/mol. The number of quaternary nitrogens is 1. The van der Waals surface area contributed by atoms with E-state index in [0.29, 0.717) is 6.73 Å². The molecule has 0 spiro atoms. The number of esters is 1. The van der Waals surface area contributed by atoms with E-state index in [9.17, 15) is 4.79 Å². The van der Waals surface area contributed by atoms with E-state index < -0.39 is 0 Å². The van der Waals surface area contributed by atoms with Crippen molar-refractivity contribution >= 4 is 5.97 Å². The molecule has 0 atom stereocenters. The SMILES string of the molecule is O=C(OC[NH+]1CCOCC1)C1CCCCC1. The summed E-state index contributed by atoms with van der Waals surface area (Å²) in [7, 11) is 0. The smallest absolute Gasteiger partial charge is 0.313 e. The van der Waals surface area contributed by atoms with Gasteiger partial charge in [0.2, 0.25) is 6.73 Å². The van der Waals surface area contributed by atoms with Gasteiger partial charge in [-0.1, -0.05) is 19.3 Å². The molecular weight excluding hydrogens is 206 g/mol. The molecule has 1 saturated heterocycles. The van der Waals surface area contributed by atoms with Gasteiger partial charge < -0.3 is 9.47 Å². The molecule has 0 aromatic rings. The van der Waals surface area contributed by atoms with E-state index in [2.05, 4.69) is 0 Å². The maximum atomic E-state index is 11.8. The molecular formula is C12H22NO3+. The molecule has 4 heteroatoms. The fourth-order valence-electron chi connectivity index (χ4n) is 2.43. The minimum atomic E-state index is 0.0266. The van der Waals surface area contributed by atoms with Gasteiger partial charge in [0.15, 0.2) is 0 Å². The highest BCUT2D eigenvalue weighted by molar-refractivity contribution is 5.72. The third kappa shape index (κ3) is 3.46. The summed E-state index contributed by atoms with van der Waals surface area (Å²) in [4.78, 5) is 13.1. The van der Waals surface area contributed by atoms with Gasteiger partial charge in [-0.25, -0.2) is 0 Å². The summed E-state index contributed by atoms with van der Waals surface area (Å²) < 4.78 is 10.7. The van der Waals surface area contributed by atoms with E-state index in [-0.39, 0.29) is 11.9 Å². The highest BCUT2D eigenvalue weighted by Crippen LogP contribution is 2.24. The lowest BCUT2D eigenvalue weighted by Gasteiger charge is -2.25. The zero-order valence-corrected chi connectivity index (χ0v) is 9.87. The van der Waals surface area contributed by atoms with Crippen LogP contribution in [0.25, 0.3) is 0 Å². The first-order valence-electron chi connectivity index (χ1n) is 6.44. The number of nitrogens with one attached hydrogen (secondary N) is 1. The second-order valence-electron chi connectivity index (χ2n) is 4.81. The fraction of sp³-hybridized carbons (Fsp3) is 0.917. The molecule has 92 valence electrons. The third-order valence-corrected chi connectivity index (χ3v) is 3.56. The first kappa shape index (κ1) is 11.9. The Hall–Kier alpha value is -0.610. The van der Waals surface area contributed by atoms with Gasteiger partial charge in [-0.2, -0.15) is 0 Å². The molecule has 1 aliphatic carbocycles. The highest BCUT2D eigenvalue weighted by atomic mass is 16.5. The van der Waals surface area contributed by atoms with Crippen molar-refractivity contribution in [2.75, 3.05) is 33.0 Å². The molecule has 2 aliphatic rings. The molecule has 1 aliphatic heterocycles. The van der Waals surface area contributed by atoms with Gasteiger partial charge in [0, 0.05) is 0 Å². The zero-order valence-electron chi connectivity index (χ0n) is 9.87. The lowest BCUT2D eigenvalue weighted by Crippen LogP contribution is -3.14. The number of hydrogen-bond acceptors (Lipinski definition) is 3. The summed E-state index contributed by atoms with van der Waals surface area (Å²) in [6.07, 6.45) is 5.70. The minimum Gasteiger partial charge on any atom is -0.415 e. The molecule has 0 bridgehead atoms. The first-order valence-corrected chi connectivity index (χ1v) is 6.44. The van der Waals surface area contributed by atoms with Crippen LogP contribution in [0.4, 0.5) is 0 Å². The number of carbonyl (C=O) groups is 1. The van der Waals surface area contributed by atoms with Crippen molar-refractivity contribution in [3.05, 3.63) is 0 Å². The average molecular weight is 228 g/mol. The van der Waals surface area contributed by atoms with Crippen LogP contribution >= 0.6 is 0 Å². The van der Waals surface area contributed by atoms with Crippen molar-refractivity contribution in [3.8, 4) is 0 Å². The summed E-state index contributed by atoms with van der Waals surface area (Å²) in [5.74, 6) is 0.202. The Kier molecular flexibility index (Phi) is 4.60. The molecule has 0 amide bonds. The van der Waals surface area contributed by atoms with Gasteiger partial charge in [0.25, 0.3) is 0 Å². The lowest BCUT2D eigenvalue weighted by molar-refractivity contribution is -0.924. The third-order valence-electron chi connectivity index (χ3n) is 3.56. The van der Waals surface area contributed by atoms with Crippen LogP contribution in [0.15, 0.2) is 0 Å². The van der Waals surface area contributed by atoms with Crippen LogP contribution in [0, 0.1) is 5.92 Å². The van der Waals surface area contributed by atoms with Crippen molar-refractivity contribution in [1.29, 1.82) is 0 Å². The van der Waals surface area contributed by atoms with Gasteiger partial charge in [-0.3, -0.25) is 9.69 Å². The van der Waals surface area contributed by atoms with E-state index in [0.717, 1.165) is 39.1 Å². The summed E-state index contributed by atoms with van der Waals surface area (Å²) in [6, 6.07) is 0. The number of ether oxygens (including phenoxy) is 2. The maximum absolute atomic E-state index is 11.8. The summed E-state index contributed by atoms with van der Waals surface area (Å²) >= 11 is 0. The van der Waals surface area contributed by atoms with Crippen molar-refractivity contribution in [3.63, 3.8) is 0 Å². The predicted octanol–water partition coefficient (Wildman–Crippen LogP) is -0.0175. The van der Waals surface area contributed by atoms with Gasteiger partial charge in [0.1, 0.15) is 13.1 Å². The zero-order chi connectivity index (χ0) is 11.2. The Morgan fingerprint density at radius 2 is 1.88 bits per heavy atom. The van der Waals surface area contributed by atoms with Gasteiger partial charge in [-0.15, -0.1) is 0 Å². The van der Waals surface area contributed by atoms with Crippen LogP contribution in [0.5, 0.6) is 0 Å². The van der Waals surface area contributed by atoms with Crippen LogP contribution in [-0.4, -0.2) is 39.0 Å². The molecule has 1 N–H and O–H groups in total. The Morgan fingerprint density at radius 1 is 1.19 bits per heavy atom. The van der Waals surface area contributed by atoms with Crippen molar-refractivity contribution in [1.82, 2.24) is 0 Å². The van der Waals surface area contributed by atoms with E-state index in [1.165, 1.54) is 24.2 Å². The number of carbonyl (C=O) groups excluding carboxylic acids is 1. The molecule has 2 fully saturated rings. The van der Waals surface area contributed by atoms with E-state index in [1.54, 1.807) is 0 Å². The number of hydrogen-bond donors (Lipinski definition) is 1. The van der Waals surface area contributed by atoms with Crippen LogP contribution in [-0.2, 0) is 14.3 Å². The summed E-state index contributed by atoms with van der Waals surface area (Å²) in [5.41, 5.74) is 0. The Balaban J connectivity index is 1.65. The largest absolute Gasteiger partial charge is 0.415 e. The quantitative estimate of drug-likeness (QED) is 0.690. The molecule has 2 rings (SSSR count). The number of rotatable bonds is 3. The maximum Gasteiger partial charge on any atom is 0.313 e. The minimum absolute atomic E-state index is 0.0266. The topological polar surface area (TPSA) is 40.0 Å². The van der Waals surface area contributed by atoms with Crippen molar-refractivity contribution in [2.45, 2.75) is 32.1 Å². The highest BCUT2D eigenvalue weighted by Gasteiger charge is 2.24. The molecule has 1 heterocycles. The van der Waals surface area contributed by atoms with Gasteiger partial charge in [0.05, 0.1) is 19.1 Å². The first-order chi connectivity index (χ1) is 7.86. The fourth-order valence-corrected chi connectivity index (χ4v) is 2.43. The van der Waals surface area contributed by atoms with Crippen LogP contribution < -0.4 is 4.90 Å². The van der Waals surface area contributed by atoms with Crippen LogP contribution in [0.1, 0.15) is 32.1 Å².